The molecule has 0 unspecified atom stereocenters. The van der Waals surface area contributed by atoms with E-state index in [0.29, 0.717) is 15.6 Å². The average molecular weight is 231 g/mol. The number of aromatic nitrogens is 2. The van der Waals surface area contributed by atoms with E-state index in [2.05, 4.69) is 34.1 Å². The summed E-state index contributed by atoms with van der Waals surface area (Å²) >= 11 is 8.98. The van der Waals surface area contributed by atoms with Crippen LogP contribution in [0.25, 0.3) is 0 Å². The highest BCUT2D eigenvalue weighted by atomic mass is 32.1. The van der Waals surface area contributed by atoms with E-state index in [-0.39, 0.29) is 5.88 Å². The van der Waals surface area contributed by atoms with Crippen LogP contribution in [0.3, 0.4) is 0 Å². The number of nitrogens with one attached hydrogen (secondary N) is 1. The molecule has 0 amide bonds. The van der Waals surface area contributed by atoms with Crippen molar-refractivity contribution in [2.24, 2.45) is 0 Å². The molecule has 0 fully saturated rings. The van der Waals surface area contributed by atoms with Crippen LogP contribution in [0.1, 0.15) is 0 Å². The van der Waals surface area contributed by atoms with Crippen LogP contribution >= 0.6 is 24.8 Å². The molecular weight excluding hydrogens is 222 g/mol. The SMILES string of the molecule is C=C(OO)N(C)c1nc(S)cc(=S)[nH]1. The fourth-order valence-electron chi connectivity index (χ4n) is 0.770. The summed E-state index contributed by atoms with van der Waals surface area (Å²) in [4.78, 5) is 12.2. The molecule has 0 aliphatic rings. The van der Waals surface area contributed by atoms with Crippen LogP contribution in [0.4, 0.5) is 5.95 Å². The summed E-state index contributed by atoms with van der Waals surface area (Å²) < 4.78 is 0.484. The molecule has 0 aliphatic carbocycles. The van der Waals surface area contributed by atoms with E-state index in [0.717, 1.165) is 0 Å². The van der Waals surface area contributed by atoms with E-state index in [1.165, 1.54) is 4.90 Å². The van der Waals surface area contributed by atoms with Gasteiger partial charge in [0.05, 0.1) is 5.03 Å². The maximum Gasteiger partial charge on any atom is 0.231 e. The van der Waals surface area contributed by atoms with E-state index in [1.807, 2.05) is 0 Å². The smallest absolute Gasteiger partial charge is 0.231 e. The average Bonchev–Trinajstić information content (AvgIpc) is 2.14. The lowest BCUT2D eigenvalue weighted by molar-refractivity contribution is -0.203. The summed E-state index contributed by atoms with van der Waals surface area (Å²) in [6.45, 7) is 3.44. The topological polar surface area (TPSA) is 61.4 Å². The molecule has 0 spiro atoms. The third-order valence-corrected chi connectivity index (χ3v) is 1.96. The standard InChI is InChI=1S/C7H9N3O2S2/c1-4(12-11)10(2)7-8-5(13)3-6(14)9-7/h3,11H,1H2,2H3,(H2,8,9,13,14). The van der Waals surface area contributed by atoms with Gasteiger partial charge in [-0.3, -0.25) is 4.90 Å². The van der Waals surface area contributed by atoms with Gasteiger partial charge < -0.3 is 9.87 Å². The molecular formula is C7H9N3O2S2. The zero-order valence-electron chi connectivity index (χ0n) is 7.39. The number of anilines is 1. The minimum Gasteiger partial charge on any atom is -0.322 e. The van der Waals surface area contributed by atoms with E-state index in [4.69, 9.17) is 17.5 Å². The first-order valence-corrected chi connectivity index (χ1v) is 4.44. The van der Waals surface area contributed by atoms with Gasteiger partial charge in [-0.25, -0.2) is 10.2 Å². The summed E-state index contributed by atoms with van der Waals surface area (Å²) in [6, 6.07) is 1.60. The first-order chi connectivity index (χ1) is 6.54. The molecule has 0 aliphatic heterocycles. The van der Waals surface area contributed by atoms with Crippen molar-refractivity contribution in [2.75, 3.05) is 11.9 Å². The molecule has 76 valence electrons. The van der Waals surface area contributed by atoms with Crippen LogP contribution in [0.2, 0.25) is 0 Å². The Morgan fingerprint density at radius 1 is 1.86 bits per heavy atom. The predicted molar refractivity (Wildman–Crippen MR) is 57.9 cm³/mol. The normalized spacial score (nSPS) is 9.64. The lowest BCUT2D eigenvalue weighted by Crippen LogP contribution is -2.19. The molecule has 0 atom stereocenters. The fourth-order valence-corrected chi connectivity index (χ4v) is 1.28. The lowest BCUT2D eigenvalue weighted by atomic mass is 10.6. The highest BCUT2D eigenvalue weighted by Crippen LogP contribution is 2.13. The number of hydrogen-bond donors (Lipinski definition) is 3. The number of H-pyrrole nitrogens is 1. The van der Waals surface area contributed by atoms with Crippen LogP contribution < -0.4 is 4.90 Å². The number of aromatic amines is 1. The van der Waals surface area contributed by atoms with Gasteiger partial charge in [0.15, 0.2) is 0 Å². The largest absolute Gasteiger partial charge is 0.322 e. The van der Waals surface area contributed by atoms with Crippen molar-refractivity contribution in [3.8, 4) is 0 Å². The summed E-state index contributed by atoms with van der Waals surface area (Å²) in [7, 11) is 1.61. The molecule has 7 heteroatoms. The maximum absolute atomic E-state index is 8.38. The quantitative estimate of drug-likeness (QED) is 0.185. The van der Waals surface area contributed by atoms with Crippen LogP contribution in [-0.4, -0.2) is 22.3 Å². The lowest BCUT2D eigenvalue weighted by Gasteiger charge is -2.16. The van der Waals surface area contributed by atoms with Crippen LogP contribution in [0.5, 0.6) is 0 Å². The van der Waals surface area contributed by atoms with Gasteiger partial charge >= 0.3 is 0 Å². The zero-order chi connectivity index (χ0) is 10.7. The third kappa shape index (κ3) is 2.47. The second-order valence-electron chi connectivity index (χ2n) is 2.47. The molecule has 1 rings (SSSR count). The summed E-state index contributed by atoms with van der Waals surface area (Å²) in [5.41, 5.74) is 0. The van der Waals surface area contributed by atoms with Crippen molar-refractivity contribution < 1.29 is 10.1 Å². The second kappa shape index (κ2) is 4.45. The Labute approximate surface area is 91.4 Å². The van der Waals surface area contributed by atoms with Crippen LogP contribution in [0.15, 0.2) is 23.6 Å². The van der Waals surface area contributed by atoms with E-state index >= 15 is 0 Å². The molecule has 1 aromatic rings. The van der Waals surface area contributed by atoms with Gasteiger partial charge in [-0.2, -0.15) is 0 Å². The second-order valence-corrected chi connectivity index (χ2v) is 3.37. The first kappa shape index (κ1) is 11.0. The van der Waals surface area contributed by atoms with Crippen molar-refractivity contribution >= 4 is 30.8 Å². The zero-order valence-corrected chi connectivity index (χ0v) is 9.10. The molecule has 1 aromatic heterocycles. The number of thiol groups is 1. The Hall–Kier alpha value is -1.05. The molecule has 0 saturated heterocycles. The van der Waals surface area contributed by atoms with Gasteiger partial charge in [0, 0.05) is 13.1 Å². The minimum absolute atomic E-state index is 0.0297. The molecule has 0 bridgehead atoms. The summed E-state index contributed by atoms with van der Waals surface area (Å²) in [6.07, 6.45) is 0. The van der Waals surface area contributed by atoms with Gasteiger partial charge in [-0.15, -0.1) is 12.6 Å². The van der Waals surface area contributed by atoms with Gasteiger partial charge in [-0.1, -0.05) is 12.2 Å². The number of hydrogen-bond acceptors (Lipinski definition) is 6. The predicted octanol–water partition coefficient (Wildman–Crippen LogP) is 1.82. The van der Waals surface area contributed by atoms with Gasteiger partial charge in [-0.05, 0) is 6.58 Å². The maximum atomic E-state index is 8.38. The Bertz CT molecular complexity index is 404. The van der Waals surface area contributed by atoms with E-state index < -0.39 is 0 Å². The Balaban J connectivity index is 3.07. The van der Waals surface area contributed by atoms with Crippen molar-refractivity contribution in [2.45, 2.75) is 5.03 Å². The van der Waals surface area contributed by atoms with E-state index in [9.17, 15) is 0 Å². The summed E-state index contributed by atoms with van der Waals surface area (Å²) in [5.74, 6) is 0.420. The highest BCUT2D eigenvalue weighted by molar-refractivity contribution is 7.80. The molecule has 14 heavy (non-hydrogen) atoms. The Morgan fingerprint density at radius 3 is 3.00 bits per heavy atom. The van der Waals surface area contributed by atoms with Crippen molar-refractivity contribution in [3.05, 3.63) is 23.2 Å². The summed E-state index contributed by atoms with van der Waals surface area (Å²) in [5, 5.41) is 8.85. The molecule has 5 nitrogen and oxygen atoms in total. The third-order valence-electron chi connectivity index (χ3n) is 1.51. The van der Waals surface area contributed by atoms with Gasteiger partial charge in [0.1, 0.15) is 4.64 Å². The number of nitrogens with zero attached hydrogens (tertiary/aromatic N) is 2. The molecule has 0 aromatic carbocycles. The van der Waals surface area contributed by atoms with E-state index in [1.54, 1.807) is 13.1 Å². The molecule has 0 saturated carbocycles. The Morgan fingerprint density at radius 2 is 2.50 bits per heavy atom. The van der Waals surface area contributed by atoms with Crippen LogP contribution in [-0.2, 0) is 4.89 Å². The molecule has 2 N–H and O–H groups in total. The van der Waals surface area contributed by atoms with Gasteiger partial charge in [0.2, 0.25) is 11.8 Å². The first-order valence-electron chi connectivity index (χ1n) is 3.59. The fraction of sp³-hybridized carbons (Fsp3) is 0.143. The Kier molecular flexibility index (Phi) is 3.50. The molecule has 1 heterocycles. The van der Waals surface area contributed by atoms with Gasteiger partial charge in [0.25, 0.3) is 0 Å². The van der Waals surface area contributed by atoms with Crippen molar-refractivity contribution in [3.63, 3.8) is 0 Å². The van der Waals surface area contributed by atoms with Crippen molar-refractivity contribution in [1.82, 2.24) is 9.97 Å². The number of rotatable bonds is 3. The van der Waals surface area contributed by atoms with Crippen LogP contribution in [0, 0.1) is 4.64 Å². The van der Waals surface area contributed by atoms with Crippen molar-refractivity contribution in [1.29, 1.82) is 0 Å². The monoisotopic (exact) mass is 231 g/mol. The highest BCUT2D eigenvalue weighted by Gasteiger charge is 2.08. The minimum atomic E-state index is 0.0297. The molecule has 0 radical (unpaired) electrons.